The van der Waals surface area contributed by atoms with Gasteiger partial charge in [0.1, 0.15) is 5.75 Å². The average Bonchev–Trinajstić information content (AvgIpc) is 3.59. The summed E-state index contributed by atoms with van der Waals surface area (Å²) in [5.74, 6) is 0.850. The Morgan fingerprint density at radius 3 is 1.30 bits per heavy atom. The Kier molecular flexibility index (Phi) is 8.47. The summed E-state index contributed by atoms with van der Waals surface area (Å²) < 4.78 is 7.96. The smallest absolute Gasteiger partial charge is 0.119 e. The molecule has 53 heavy (non-hydrogen) atoms. The second kappa shape index (κ2) is 14.0. The van der Waals surface area contributed by atoms with E-state index in [1.165, 1.54) is 55.6 Å². The first kappa shape index (κ1) is 32.0. The summed E-state index contributed by atoms with van der Waals surface area (Å²) in [6.07, 6.45) is 0. The van der Waals surface area contributed by atoms with Crippen LogP contribution in [-0.4, -0.2) is 11.7 Å². The van der Waals surface area contributed by atoms with Gasteiger partial charge < -0.3 is 9.30 Å². The molecule has 0 bridgehead atoms. The zero-order chi connectivity index (χ0) is 35.6. The molecule has 252 valence electrons. The fourth-order valence-corrected chi connectivity index (χ4v) is 7.45. The highest BCUT2D eigenvalue weighted by Gasteiger charge is 2.22. The number of fused-ring (bicyclic) bond motifs is 1. The van der Waals surface area contributed by atoms with Crippen LogP contribution in [0.2, 0.25) is 0 Å². The van der Waals surface area contributed by atoms with E-state index in [2.05, 4.69) is 199 Å². The second-order valence-electron chi connectivity index (χ2n) is 13.3. The Hall–Kier alpha value is -6.90. The van der Waals surface area contributed by atoms with E-state index in [1.807, 2.05) is 12.1 Å². The first-order chi connectivity index (χ1) is 26.2. The molecular formula is C51H37NO. The number of rotatable bonds is 8. The fourth-order valence-electron chi connectivity index (χ4n) is 7.45. The molecule has 9 aromatic rings. The van der Waals surface area contributed by atoms with E-state index >= 15 is 0 Å². The lowest BCUT2D eigenvalue weighted by Gasteiger charge is -2.14. The molecule has 0 saturated heterocycles. The topological polar surface area (TPSA) is 14.2 Å². The molecule has 2 nitrogen and oxygen atoms in total. The van der Waals surface area contributed by atoms with Gasteiger partial charge in [-0.25, -0.2) is 0 Å². The summed E-state index contributed by atoms with van der Waals surface area (Å²) in [6.45, 7) is 0. The van der Waals surface area contributed by atoms with Crippen LogP contribution in [0, 0.1) is 0 Å². The van der Waals surface area contributed by atoms with Gasteiger partial charge in [-0.15, -0.1) is 0 Å². The molecule has 0 spiro atoms. The van der Waals surface area contributed by atoms with E-state index in [9.17, 15) is 0 Å². The number of methoxy groups -OCH3 is 1. The Labute approximate surface area is 310 Å². The highest BCUT2D eigenvalue weighted by atomic mass is 16.5. The van der Waals surface area contributed by atoms with Crippen LogP contribution in [0.25, 0.3) is 83.5 Å². The van der Waals surface area contributed by atoms with Gasteiger partial charge in [0.25, 0.3) is 0 Å². The largest absolute Gasteiger partial charge is 0.497 e. The molecule has 0 saturated carbocycles. The molecule has 0 aliphatic carbocycles. The number of hydrogen-bond acceptors (Lipinski definition) is 1. The number of nitrogens with zero attached hydrogens (tertiary/aromatic N) is 1. The first-order valence-corrected chi connectivity index (χ1v) is 18.0. The molecule has 9 rings (SSSR count). The maximum atomic E-state index is 5.52. The van der Waals surface area contributed by atoms with Crippen LogP contribution >= 0.6 is 0 Å². The molecule has 0 unspecified atom stereocenters. The highest BCUT2D eigenvalue weighted by molar-refractivity contribution is 6.07. The summed E-state index contributed by atoms with van der Waals surface area (Å²) in [5.41, 5.74) is 16.5. The summed E-state index contributed by atoms with van der Waals surface area (Å²) in [4.78, 5) is 0. The van der Waals surface area contributed by atoms with Crippen molar-refractivity contribution in [2.75, 3.05) is 7.11 Å². The SMILES string of the molecule is COc1cccc(-c2ccc(-n3c(-c4ccccc4)c(-c4ccc(-c5ccccc5)cc4)c4cc(-c5ccc(-c6ccccc6)cc5)ccc43)cc2)c1. The van der Waals surface area contributed by atoms with E-state index < -0.39 is 0 Å². The van der Waals surface area contributed by atoms with Crippen LogP contribution in [0.3, 0.4) is 0 Å². The lowest BCUT2D eigenvalue weighted by atomic mass is 9.94. The lowest BCUT2D eigenvalue weighted by Crippen LogP contribution is -1.98. The standard InChI is InChI=1S/C51H37NO/c1-53-47-19-11-18-44(34-47)41-28-31-46(32-29-41)52-49-33-30-45(40-22-20-38(21-23-40)36-12-5-2-6-13-36)35-48(49)50(51(52)43-16-9-4-10-17-43)42-26-24-39(25-27-42)37-14-7-3-8-15-37/h2-35H,1H3. The van der Waals surface area contributed by atoms with E-state index in [-0.39, 0.29) is 0 Å². The van der Waals surface area contributed by atoms with E-state index in [1.54, 1.807) is 7.11 Å². The molecular weight excluding hydrogens is 643 g/mol. The minimum atomic E-state index is 0.850. The van der Waals surface area contributed by atoms with Crippen LogP contribution in [0.4, 0.5) is 0 Å². The van der Waals surface area contributed by atoms with Crippen molar-refractivity contribution in [3.05, 3.63) is 206 Å². The molecule has 1 aromatic heterocycles. The second-order valence-corrected chi connectivity index (χ2v) is 13.3. The van der Waals surface area contributed by atoms with Gasteiger partial charge in [-0.3, -0.25) is 0 Å². The van der Waals surface area contributed by atoms with Crippen LogP contribution in [-0.2, 0) is 0 Å². The van der Waals surface area contributed by atoms with Gasteiger partial charge >= 0.3 is 0 Å². The Morgan fingerprint density at radius 1 is 0.340 bits per heavy atom. The van der Waals surface area contributed by atoms with Crippen LogP contribution in [0.5, 0.6) is 5.75 Å². The number of benzene rings is 8. The molecule has 0 N–H and O–H groups in total. The monoisotopic (exact) mass is 679 g/mol. The third-order valence-corrected chi connectivity index (χ3v) is 10.1. The van der Waals surface area contributed by atoms with Gasteiger partial charge in [-0.05, 0) is 92.0 Å². The van der Waals surface area contributed by atoms with Gasteiger partial charge in [0.05, 0.1) is 18.3 Å². The summed E-state index contributed by atoms with van der Waals surface area (Å²) >= 11 is 0. The van der Waals surface area contributed by atoms with Crippen molar-refractivity contribution in [1.29, 1.82) is 0 Å². The zero-order valence-corrected chi connectivity index (χ0v) is 29.5. The van der Waals surface area contributed by atoms with Gasteiger partial charge in [0.2, 0.25) is 0 Å². The van der Waals surface area contributed by atoms with E-state index in [4.69, 9.17) is 4.74 Å². The molecule has 0 fully saturated rings. The van der Waals surface area contributed by atoms with Crippen LogP contribution in [0.1, 0.15) is 0 Å². The molecule has 8 aromatic carbocycles. The van der Waals surface area contributed by atoms with Gasteiger partial charge in [-0.1, -0.05) is 170 Å². The highest BCUT2D eigenvalue weighted by Crippen LogP contribution is 2.45. The first-order valence-electron chi connectivity index (χ1n) is 18.0. The minimum Gasteiger partial charge on any atom is -0.497 e. The number of aromatic nitrogens is 1. The fraction of sp³-hybridized carbons (Fsp3) is 0.0196. The molecule has 0 amide bonds. The Morgan fingerprint density at radius 2 is 0.755 bits per heavy atom. The van der Waals surface area contributed by atoms with Crippen molar-refractivity contribution in [2.45, 2.75) is 0 Å². The summed E-state index contributed by atoms with van der Waals surface area (Å²) in [5, 5.41) is 1.21. The average molecular weight is 680 g/mol. The molecule has 0 aliphatic heterocycles. The third kappa shape index (κ3) is 6.22. The minimum absolute atomic E-state index is 0.850. The number of hydrogen-bond donors (Lipinski definition) is 0. The molecule has 0 atom stereocenters. The lowest BCUT2D eigenvalue weighted by molar-refractivity contribution is 0.415. The third-order valence-electron chi connectivity index (χ3n) is 10.1. The normalized spacial score (nSPS) is 11.1. The Balaban J connectivity index is 1.24. The predicted molar refractivity (Wildman–Crippen MR) is 222 cm³/mol. The van der Waals surface area contributed by atoms with Crippen LogP contribution < -0.4 is 4.74 Å². The van der Waals surface area contributed by atoms with Crippen molar-refractivity contribution in [1.82, 2.24) is 4.57 Å². The van der Waals surface area contributed by atoms with Crippen molar-refractivity contribution in [3.63, 3.8) is 0 Å². The van der Waals surface area contributed by atoms with Crippen LogP contribution in [0.15, 0.2) is 206 Å². The van der Waals surface area contributed by atoms with Gasteiger partial charge in [-0.2, -0.15) is 0 Å². The van der Waals surface area contributed by atoms with Crippen molar-refractivity contribution in [3.8, 4) is 78.3 Å². The van der Waals surface area contributed by atoms with E-state index in [0.29, 0.717) is 0 Å². The molecule has 1 heterocycles. The quantitative estimate of drug-likeness (QED) is 0.156. The molecule has 0 aliphatic rings. The maximum Gasteiger partial charge on any atom is 0.119 e. The maximum absolute atomic E-state index is 5.52. The van der Waals surface area contributed by atoms with E-state index in [0.717, 1.165) is 33.6 Å². The van der Waals surface area contributed by atoms with Gasteiger partial charge in [0.15, 0.2) is 0 Å². The van der Waals surface area contributed by atoms with Crippen molar-refractivity contribution >= 4 is 10.9 Å². The van der Waals surface area contributed by atoms with Gasteiger partial charge in [0, 0.05) is 16.6 Å². The Bertz CT molecular complexity index is 2640. The molecule has 2 heteroatoms. The van der Waals surface area contributed by atoms with Crippen molar-refractivity contribution in [2.24, 2.45) is 0 Å². The summed E-state index contributed by atoms with van der Waals surface area (Å²) in [7, 11) is 1.71. The predicted octanol–water partition coefficient (Wildman–Crippen LogP) is 13.6. The van der Waals surface area contributed by atoms with Crippen molar-refractivity contribution < 1.29 is 4.74 Å². The molecule has 0 radical (unpaired) electrons. The summed E-state index contributed by atoms with van der Waals surface area (Å²) in [6, 6.07) is 74.0. The zero-order valence-electron chi connectivity index (χ0n) is 29.5. The number of ether oxygens (including phenoxy) is 1.